The molecule has 2 rings (SSSR count). The molecule has 88 valence electrons. The number of carbonyl (C=O) groups is 1. The van der Waals surface area contributed by atoms with E-state index in [0.717, 1.165) is 29.3 Å². The molecule has 0 aliphatic rings. The molecule has 0 saturated heterocycles. The Kier molecular flexibility index (Phi) is 3.52. The molecule has 0 aliphatic carbocycles. The Labute approximate surface area is 102 Å². The van der Waals surface area contributed by atoms with Crippen molar-refractivity contribution in [3.63, 3.8) is 0 Å². The molecule has 1 heterocycles. The van der Waals surface area contributed by atoms with Gasteiger partial charge in [-0.3, -0.25) is 9.78 Å². The molecule has 2 aromatic rings. The number of benzene rings is 1. The molecule has 0 aliphatic heterocycles. The van der Waals surface area contributed by atoms with Gasteiger partial charge in [-0.15, -0.1) is 0 Å². The number of fused-ring (bicyclic) bond motifs is 1. The van der Waals surface area contributed by atoms with Crippen molar-refractivity contribution in [2.45, 2.75) is 26.7 Å². The van der Waals surface area contributed by atoms with Crippen LogP contribution in [-0.4, -0.2) is 10.8 Å². The van der Waals surface area contributed by atoms with Gasteiger partial charge in [-0.05, 0) is 18.6 Å². The molecular weight excluding hydrogens is 210 g/mol. The third-order valence-electron chi connectivity index (χ3n) is 3.04. The Bertz CT molecular complexity index is 533. The second-order valence-corrected chi connectivity index (χ2v) is 4.47. The SMILES string of the molecule is CCCC(C)C(=O)c1cnc2ccccc2c1. The Hall–Kier alpha value is -1.70. The van der Waals surface area contributed by atoms with Crippen molar-refractivity contribution in [1.82, 2.24) is 4.98 Å². The van der Waals surface area contributed by atoms with E-state index in [1.807, 2.05) is 37.3 Å². The minimum atomic E-state index is 0.0861. The average molecular weight is 227 g/mol. The summed E-state index contributed by atoms with van der Waals surface area (Å²) in [6, 6.07) is 9.81. The van der Waals surface area contributed by atoms with Crippen LogP contribution in [0.2, 0.25) is 0 Å². The molecule has 0 N–H and O–H groups in total. The molecule has 0 radical (unpaired) electrons. The summed E-state index contributed by atoms with van der Waals surface area (Å²) in [5, 5.41) is 1.03. The number of nitrogens with zero attached hydrogens (tertiary/aromatic N) is 1. The number of hydrogen-bond acceptors (Lipinski definition) is 2. The van der Waals surface area contributed by atoms with Gasteiger partial charge in [0.25, 0.3) is 0 Å². The smallest absolute Gasteiger partial charge is 0.167 e. The van der Waals surface area contributed by atoms with Crippen LogP contribution >= 0.6 is 0 Å². The van der Waals surface area contributed by atoms with Crippen LogP contribution in [0, 0.1) is 5.92 Å². The summed E-state index contributed by atoms with van der Waals surface area (Å²) in [5.74, 6) is 0.285. The second kappa shape index (κ2) is 5.09. The largest absolute Gasteiger partial charge is 0.294 e. The lowest BCUT2D eigenvalue weighted by Crippen LogP contribution is -2.11. The van der Waals surface area contributed by atoms with E-state index in [4.69, 9.17) is 0 Å². The quantitative estimate of drug-likeness (QED) is 0.742. The average Bonchev–Trinajstić information content (AvgIpc) is 2.37. The fourth-order valence-corrected chi connectivity index (χ4v) is 2.05. The molecule has 1 atom stereocenters. The van der Waals surface area contributed by atoms with Crippen molar-refractivity contribution in [1.29, 1.82) is 0 Å². The predicted octanol–water partition coefficient (Wildman–Crippen LogP) is 3.85. The second-order valence-electron chi connectivity index (χ2n) is 4.47. The summed E-state index contributed by atoms with van der Waals surface area (Å²) in [6.07, 6.45) is 3.66. The van der Waals surface area contributed by atoms with Gasteiger partial charge in [-0.1, -0.05) is 38.5 Å². The van der Waals surface area contributed by atoms with Gasteiger partial charge in [0.1, 0.15) is 0 Å². The van der Waals surface area contributed by atoms with E-state index in [1.54, 1.807) is 6.20 Å². The summed E-state index contributed by atoms with van der Waals surface area (Å²) in [4.78, 5) is 16.5. The van der Waals surface area contributed by atoms with Gasteiger partial charge in [0.15, 0.2) is 5.78 Å². The van der Waals surface area contributed by atoms with Crippen LogP contribution in [0.15, 0.2) is 36.5 Å². The van der Waals surface area contributed by atoms with Gasteiger partial charge in [0.05, 0.1) is 5.52 Å². The minimum absolute atomic E-state index is 0.0861. The number of pyridine rings is 1. The zero-order valence-corrected chi connectivity index (χ0v) is 10.3. The highest BCUT2D eigenvalue weighted by molar-refractivity contribution is 6.00. The van der Waals surface area contributed by atoms with E-state index in [9.17, 15) is 4.79 Å². The van der Waals surface area contributed by atoms with E-state index < -0.39 is 0 Å². The lowest BCUT2D eigenvalue weighted by Gasteiger charge is -2.09. The van der Waals surface area contributed by atoms with Crippen molar-refractivity contribution in [2.24, 2.45) is 5.92 Å². The number of ketones is 1. The van der Waals surface area contributed by atoms with Crippen LogP contribution in [0.3, 0.4) is 0 Å². The van der Waals surface area contributed by atoms with Crippen LogP contribution in [0.1, 0.15) is 37.0 Å². The monoisotopic (exact) mass is 227 g/mol. The third kappa shape index (κ3) is 2.52. The van der Waals surface area contributed by atoms with E-state index in [0.29, 0.717) is 0 Å². The van der Waals surface area contributed by atoms with Gasteiger partial charge < -0.3 is 0 Å². The summed E-state index contributed by atoms with van der Waals surface area (Å²) in [7, 11) is 0. The first-order chi connectivity index (χ1) is 8.22. The summed E-state index contributed by atoms with van der Waals surface area (Å²) < 4.78 is 0. The van der Waals surface area contributed by atoms with Gasteiger partial charge >= 0.3 is 0 Å². The van der Waals surface area contributed by atoms with Crippen molar-refractivity contribution in [3.8, 4) is 0 Å². The molecule has 1 aromatic heterocycles. The molecule has 0 saturated carbocycles. The number of para-hydroxylation sites is 1. The topological polar surface area (TPSA) is 30.0 Å². The molecule has 17 heavy (non-hydrogen) atoms. The van der Waals surface area contributed by atoms with Crippen molar-refractivity contribution < 1.29 is 4.79 Å². The zero-order chi connectivity index (χ0) is 12.3. The van der Waals surface area contributed by atoms with Crippen LogP contribution in [0.4, 0.5) is 0 Å². The first-order valence-corrected chi connectivity index (χ1v) is 6.11. The predicted molar refractivity (Wildman–Crippen MR) is 70.1 cm³/mol. The Balaban J connectivity index is 2.33. The molecule has 0 bridgehead atoms. The maximum Gasteiger partial charge on any atom is 0.167 e. The first kappa shape index (κ1) is 11.8. The number of rotatable bonds is 4. The zero-order valence-electron chi connectivity index (χ0n) is 10.3. The molecular formula is C15H17NO. The molecule has 0 fully saturated rings. The van der Waals surface area contributed by atoms with Gasteiger partial charge in [0.2, 0.25) is 0 Å². The van der Waals surface area contributed by atoms with Crippen LogP contribution in [0.25, 0.3) is 10.9 Å². The van der Waals surface area contributed by atoms with Crippen molar-refractivity contribution >= 4 is 16.7 Å². The number of Topliss-reactive ketones (excluding diaryl/α,β-unsaturated/α-hetero) is 1. The fraction of sp³-hybridized carbons (Fsp3) is 0.333. The van der Waals surface area contributed by atoms with E-state index >= 15 is 0 Å². The molecule has 0 spiro atoms. The Morgan fingerprint density at radius 3 is 2.88 bits per heavy atom. The molecule has 2 heteroatoms. The van der Waals surface area contributed by atoms with Gasteiger partial charge in [-0.2, -0.15) is 0 Å². The maximum atomic E-state index is 12.1. The van der Waals surface area contributed by atoms with E-state index in [-0.39, 0.29) is 11.7 Å². The highest BCUT2D eigenvalue weighted by atomic mass is 16.1. The standard InChI is InChI=1S/C15H17NO/c1-3-6-11(2)15(17)13-9-12-7-4-5-8-14(12)16-10-13/h4-5,7-11H,3,6H2,1-2H3. The highest BCUT2D eigenvalue weighted by Crippen LogP contribution is 2.17. The lowest BCUT2D eigenvalue weighted by atomic mass is 9.96. The molecule has 2 nitrogen and oxygen atoms in total. The Morgan fingerprint density at radius 1 is 1.35 bits per heavy atom. The molecule has 1 unspecified atom stereocenters. The number of hydrogen-bond donors (Lipinski definition) is 0. The van der Waals surface area contributed by atoms with Gasteiger partial charge in [-0.25, -0.2) is 0 Å². The van der Waals surface area contributed by atoms with Gasteiger partial charge in [0, 0.05) is 23.1 Å². The summed E-state index contributed by atoms with van der Waals surface area (Å²) in [6.45, 7) is 4.09. The first-order valence-electron chi connectivity index (χ1n) is 6.11. The molecule has 1 aromatic carbocycles. The normalized spacial score (nSPS) is 12.6. The van der Waals surface area contributed by atoms with E-state index in [2.05, 4.69) is 11.9 Å². The maximum absolute atomic E-state index is 12.1. The minimum Gasteiger partial charge on any atom is -0.294 e. The van der Waals surface area contributed by atoms with Crippen LogP contribution < -0.4 is 0 Å². The third-order valence-corrected chi connectivity index (χ3v) is 3.04. The Morgan fingerprint density at radius 2 is 2.12 bits per heavy atom. The van der Waals surface area contributed by atoms with E-state index in [1.165, 1.54) is 0 Å². The number of carbonyl (C=O) groups excluding carboxylic acids is 1. The fourth-order valence-electron chi connectivity index (χ4n) is 2.05. The molecule has 0 amide bonds. The van der Waals surface area contributed by atoms with Crippen LogP contribution in [-0.2, 0) is 0 Å². The van der Waals surface area contributed by atoms with Crippen molar-refractivity contribution in [3.05, 3.63) is 42.1 Å². The summed E-state index contributed by atoms with van der Waals surface area (Å²) in [5.41, 5.74) is 1.66. The van der Waals surface area contributed by atoms with Crippen LogP contribution in [0.5, 0.6) is 0 Å². The number of aromatic nitrogens is 1. The lowest BCUT2D eigenvalue weighted by molar-refractivity contribution is 0.0923. The van der Waals surface area contributed by atoms with Crippen molar-refractivity contribution in [2.75, 3.05) is 0 Å². The highest BCUT2D eigenvalue weighted by Gasteiger charge is 2.14. The summed E-state index contributed by atoms with van der Waals surface area (Å²) >= 11 is 0.